The zero-order valence-corrected chi connectivity index (χ0v) is 15.0. The van der Waals surface area contributed by atoms with Crippen molar-refractivity contribution in [2.45, 2.75) is 26.1 Å². The second kappa shape index (κ2) is 9.20. The Hall–Kier alpha value is -2.37. The van der Waals surface area contributed by atoms with E-state index in [1.54, 1.807) is 38.3 Å². The maximum atomic E-state index is 12.2. The first kappa shape index (κ1) is 19.0. The zero-order valence-electron chi connectivity index (χ0n) is 14.2. The van der Waals surface area contributed by atoms with Gasteiger partial charge in [0.2, 0.25) is 5.91 Å². The van der Waals surface area contributed by atoms with Gasteiger partial charge in [-0.25, -0.2) is 0 Å². The molecule has 0 aromatic heterocycles. The molecule has 2 rings (SSSR count). The first-order chi connectivity index (χ1) is 12.0. The van der Waals surface area contributed by atoms with Crippen LogP contribution in [0, 0.1) is 0 Å². The second-order valence-electron chi connectivity index (χ2n) is 5.65. The summed E-state index contributed by atoms with van der Waals surface area (Å²) in [6.45, 7) is 2.53. The Morgan fingerprint density at radius 3 is 2.56 bits per heavy atom. The highest BCUT2D eigenvalue weighted by atomic mass is 35.5. The maximum Gasteiger partial charge on any atom is 0.253 e. The van der Waals surface area contributed by atoms with Gasteiger partial charge in [-0.1, -0.05) is 48.0 Å². The SMILES string of the molecule is COCc1cccc(CNC(=O)C(C)NC(=O)c2ccccc2Cl)c1. The Bertz CT molecular complexity index is 749. The molecule has 2 aromatic rings. The summed E-state index contributed by atoms with van der Waals surface area (Å²) >= 11 is 5.99. The van der Waals surface area contributed by atoms with Crippen molar-refractivity contribution in [1.29, 1.82) is 0 Å². The molecular weight excluding hydrogens is 340 g/mol. The summed E-state index contributed by atoms with van der Waals surface area (Å²) in [6, 6.07) is 13.8. The predicted octanol–water partition coefficient (Wildman–Crippen LogP) is 2.92. The van der Waals surface area contributed by atoms with Crippen LogP contribution in [0.25, 0.3) is 0 Å². The lowest BCUT2D eigenvalue weighted by Gasteiger charge is -2.15. The monoisotopic (exact) mass is 360 g/mol. The Morgan fingerprint density at radius 1 is 1.12 bits per heavy atom. The van der Waals surface area contributed by atoms with Gasteiger partial charge in [-0.15, -0.1) is 0 Å². The van der Waals surface area contributed by atoms with E-state index in [1.165, 1.54) is 0 Å². The summed E-state index contributed by atoms with van der Waals surface area (Å²) in [5, 5.41) is 5.81. The molecule has 0 aliphatic rings. The van der Waals surface area contributed by atoms with Gasteiger partial charge < -0.3 is 15.4 Å². The van der Waals surface area contributed by atoms with Crippen molar-refractivity contribution in [2.24, 2.45) is 0 Å². The standard InChI is InChI=1S/C19H21ClN2O3/c1-13(22-19(24)16-8-3-4-9-17(16)20)18(23)21-11-14-6-5-7-15(10-14)12-25-2/h3-10,13H,11-12H2,1-2H3,(H,21,23)(H,22,24). The van der Waals surface area contributed by atoms with Crippen LogP contribution in [0.3, 0.4) is 0 Å². The van der Waals surface area contributed by atoms with E-state index in [2.05, 4.69) is 10.6 Å². The molecule has 6 heteroatoms. The molecular formula is C19H21ClN2O3. The van der Waals surface area contributed by atoms with Crippen molar-refractivity contribution >= 4 is 23.4 Å². The van der Waals surface area contributed by atoms with Gasteiger partial charge in [-0.2, -0.15) is 0 Å². The van der Waals surface area contributed by atoms with Crippen molar-refractivity contribution in [3.05, 3.63) is 70.2 Å². The van der Waals surface area contributed by atoms with Crippen LogP contribution in [-0.2, 0) is 22.7 Å². The van der Waals surface area contributed by atoms with Crippen LogP contribution in [0.15, 0.2) is 48.5 Å². The summed E-state index contributed by atoms with van der Waals surface area (Å²) in [6.07, 6.45) is 0. The summed E-state index contributed by atoms with van der Waals surface area (Å²) < 4.78 is 5.10. The topological polar surface area (TPSA) is 67.4 Å². The van der Waals surface area contributed by atoms with E-state index in [0.29, 0.717) is 23.7 Å². The van der Waals surface area contributed by atoms with Crippen molar-refractivity contribution < 1.29 is 14.3 Å². The fourth-order valence-electron chi connectivity index (χ4n) is 2.32. The van der Waals surface area contributed by atoms with Gasteiger partial charge in [0.15, 0.2) is 0 Å². The number of hydrogen-bond acceptors (Lipinski definition) is 3. The lowest BCUT2D eigenvalue weighted by Crippen LogP contribution is -2.44. The van der Waals surface area contributed by atoms with E-state index in [0.717, 1.165) is 11.1 Å². The third-order valence-corrected chi connectivity index (χ3v) is 3.96. The Labute approximate surface area is 152 Å². The maximum absolute atomic E-state index is 12.2. The van der Waals surface area contributed by atoms with Gasteiger partial charge in [0.1, 0.15) is 6.04 Å². The fraction of sp³-hybridized carbons (Fsp3) is 0.263. The second-order valence-corrected chi connectivity index (χ2v) is 6.05. The number of halogens is 1. The minimum Gasteiger partial charge on any atom is -0.380 e. The van der Waals surface area contributed by atoms with Crippen LogP contribution >= 0.6 is 11.6 Å². The molecule has 1 unspecified atom stereocenters. The first-order valence-electron chi connectivity index (χ1n) is 7.91. The van der Waals surface area contributed by atoms with Crippen molar-refractivity contribution in [1.82, 2.24) is 10.6 Å². The number of carbonyl (C=O) groups excluding carboxylic acids is 2. The molecule has 0 saturated heterocycles. The van der Waals surface area contributed by atoms with E-state index in [1.807, 2.05) is 24.3 Å². The molecule has 0 fully saturated rings. The van der Waals surface area contributed by atoms with Gasteiger partial charge >= 0.3 is 0 Å². The van der Waals surface area contributed by atoms with Crippen LogP contribution in [0.5, 0.6) is 0 Å². The van der Waals surface area contributed by atoms with Crippen LogP contribution in [0.1, 0.15) is 28.4 Å². The number of benzene rings is 2. The average molecular weight is 361 g/mol. The van der Waals surface area contributed by atoms with E-state index < -0.39 is 6.04 Å². The van der Waals surface area contributed by atoms with Crippen molar-refractivity contribution in [2.75, 3.05) is 7.11 Å². The summed E-state index contributed by atoms with van der Waals surface area (Å²) in [5.74, 6) is -0.645. The molecule has 0 spiro atoms. The zero-order chi connectivity index (χ0) is 18.2. The van der Waals surface area contributed by atoms with Gasteiger partial charge in [0, 0.05) is 13.7 Å². The van der Waals surface area contributed by atoms with Gasteiger partial charge in [-0.05, 0) is 30.2 Å². The van der Waals surface area contributed by atoms with E-state index in [9.17, 15) is 9.59 Å². The minimum absolute atomic E-state index is 0.266. The molecule has 0 radical (unpaired) electrons. The quantitative estimate of drug-likeness (QED) is 0.797. The highest BCUT2D eigenvalue weighted by Gasteiger charge is 2.17. The molecule has 0 saturated carbocycles. The lowest BCUT2D eigenvalue weighted by molar-refractivity contribution is -0.122. The van der Waals surface area contributed by atoms with E-state index in [-0.39, 0.29) is 11.8 Å². The molecule has 132 valence electrons. The molecule has 0 bridgehead atoms. The molecule has 25 heavy (non-hydrogen) atoms. The molecule has 2 N–H and O–H groups in total. The predicted molar refractivity (Wildman–Crippen MR) is 97.4 cm³/mol. The summed E-state index contributed by atoms with van der Waals surface area (Å²) in [5.41, 5.74) is 2.35. The summed E-state index contributed by atoms with van der Waals surface area (Å²) in [7, 11) is 1.64. The smallest absolute Gasteiger partial charge is 0.253 e. The molecule has 2 aromatic carbocycles. The lowest BCUT2D eigenvalue weighted by atomic mass is 10.1. The fourth-order valence-corrected chi connectivity index (χ4v) is 2.55. The Morgan fingerprint density at radius 2 is 1.84 bits per heavy atom. The average Bonchev–Trinajstić information content (AvgIpc) is 2.60. The molecule has 1 atom stereocenters. The van der Waals surface area contributed by atoms with Crippen molar-refractivity contribution in [3.8, 4) is 0 Å². The van der Waals surface area contributed by atoms with Crippen LogP contribution in [0.2, 0.25) is 5.02 Å². The normalized spacial score (nSPS) is 11.6. The van der Waals surface area contributed by atoms with Gasteiger partial charge in [0.05, 0.1) is 17.2 Å². The van der Waals surface area contributed by atoms with Crippen LogP contribution < -0.4 is 10.6 Å². The molecule has 2 amide bonds. The number of ether oxygens (including phenoxy) is 1. The number of rotatable bonds is 7. The van der Waals surface area contributed by atoms with Gasteiger partial charge in [0.25, 0.3) is 5.91 Å². The number of methoxy groups -OCH3 is 1. The highest BCUT2D eigenvalue weighted by Crippen LogP contribution is 2.14. The first-order valence-corrected chi connectivity index (χ1v) is 8.29. The summed E-state index contributed by atoms with van der Waals surface area (Å²) in [4.78, 5) is 24.4. The molecule has 0 aliphatic heterocycles. The third-order valence-electron chi connectivity index (χ3n) is 3.63. The molecule has 0 aliphatic carbocycles. The molecule has 0 heterocycles. The van der Waals surface area contributed by atoms with Gasteiger partial charge in [-0.3, -0.25) is 9.59 Å². The number of hydrogen-bond donors (Lipinski definition) is 2. The number of nitrogens with one attached hydrogen (secondary N) is 2. The third kappa shape index (κ3) is 5.59. The number of amides is 2. The number of carbonyl (C=O) groups is 2. The Kier molecular flexibility index (Phi) is 6.98. The largest absolute Gasteiger partial charge is 0.380 e. The minimum atomic E-state index is -0.675. The van der Waals surface area contributed by atoms with Crippen molar-refractivity contribution in [3.63, 3.8) is 0 Å². The van der Waals surface area contributed by atoms with E-state index >= 15 is 0 Å². The van der Waals surface area contributed by atoms with E-state index in [4.69, 9.17) is 16.3 Å². The van der Waals surface area contributed by atoms with Crippen LogP contribution in [-0.4, -0.2) is 25.0 Å². The molecule has 5 nitrogen and oxygen atoms in total. The highest BCUT2D eigenvalue weighted by molar-refractivity contribution is 6.33. The Balaban J connectivity index is 1.89. The van der Waals surface area contributed by atoms with Crippen LogP contribution in [0.4, 0.5) is 0 Å².